The number of imide groups is 1. The zero-order valence-electron chi connectivity index (χ0n) is 51.0. The number of ketones is 1. The third-order valence-electron chi connectivity index (χ3n) is 16.0. The van der Waals surface area contributed by atoms with Gasteiger partial charge in [0.1, 0.15) is 19.4 Å². The molecule has 2 saturated heterocycles. The Labute approximate surface area is 494 Å². The fraction of sp³-hybridized carbons (Fsp3) is 0.639. The number of carbonyl (C=O) groups excluding carboxylic acids is 8. The number of hydrogen-bond acceptors (Lipinski definition) is 18. The second-order valence-electron chi connectivity index (χ2n) is 22.8. The maximum atomic E-state index is 14.9. The highest BCUT2D eigenvalue weighted by atomic mass is 16.7. The molecule has 84 heavy (non-hydrogen) atoms. The van der Waals surface area contributed by atoms with Crippen molar-refractivity contribution in [3.05, 3.63) is 71.8 Å². The van der Waals surface area contributed by atoms with Crippen molar-refractivity contribution in [1.29, 1.82) is 0 Å². The second kappa shape index (κ2) is 33.4. The molecule has 11 atom stereocenters. The van der Waals surface area contributed by atoms with Gasteiger partial charge in [-0.15, -0.1) is 5.06 Å². The monoisotopic (exact) mass is 1180 g/mol. The lowest BCUT2D eigenvalue weighted by atomic mass is 9.83. The van der Waals surface area contributed by atoms with Crippen molar-refractivity contribution in [2.45, 2.75) is 156 Å². The Morgan fingerprint density at radius 1 is 0.869 bits per heavy atom. The summed E-state index contributed by atoms with van der Waals surface area (Å²) in [7, 11) is 6.55. The molecule has 0 aliphatic carbocycles. The van der Waals surface area contributed by atoms with Crippen molar-refractivity contribution in [2.24, 2.45) is 29.6 Å². The molecule has 23 nitrogen and oxygen atoms in total. The minimum Gasteiger partial charge on any atom is -0.439 e. The van der Waals surface area contributed by atoms with Crippen molar-refractivity contribution in [3.63, 3.8) is 0 Å². The maximum Gasteiger partial charge on any atom is 0.412 e. The van der Waals surface area contributed by atoms with Gasteiger partial charge in [-0.3, -0.25) is 39.0 Å². The predicted octanol–water partition coefficient (Wildman–Crippen LogP) is 6.00. The van der Waals surface area contributed by atoms with E-state index in [2.05, 4.69) is 16.0 Å². The van der Waals surface area contributed by atoms with Crippen LogP contribution in [0.5, 0.6) is 0 Å². The van der Waals surface area contributed by atoms with E-state index in [0.717, 1.165) is 0 Å². The molecular weight excluding hydrogens is 1090 g/mol. The first-order chi connectivity index (χ1) is 40.0. The number of aliphatic hydroxyl groups excluding tert-OH is 1. The Morgan fingerprint density at radius 2 is 1.57 bits per heavy atom. The number of aliphatic hydroxyl groups is 1. The summed E-state index contributed by atoms with van der Waals surface area (Å²) in [6.45, 7) is 15.6. The average Bonchev–Trinajstić information content (AvgIpc) is 3.45. The number of ether oxygens (including phenoxy) is 6. The molecule has 466 valence electrons. The number of methoxy groups -OCH3 is 2. The van der Waals surface area contributed by atoms with Crippen LogP contribution in [0.2, 0.25) is 0 Å². The van der Waals surface area contributed by atoms with E-state index in [4.69, 9.17) is 33.3 Å². The Morgan fingerprint density at radius 3 is 2.21 bits per heavy atom. The van der Waals surface area contributed by atoms with Crippen molar-refractivity contribution >= 4 is 58.8 Å². The molecule has 3 aliphatic heterocycles. The van der Waals surface area contributed by atoms with Gasteiger partial charge in [0.2, 0.25) is 17.7 Å². The van der Waals surface area contributed by atoms with Gasteiger partial charge in [0.05, 0.1) is 92.7 Å². The number of carbonyl (C=O) groups is 8. The van der Waals surface area contributed by atoms with E-state index < -0.39 is 90.8 Å². The van der Waals surface area contributed by atoms with Crippen LogP contribution in [0.3, 0.4) is 0 Å². The van der Waals surface area contributed by atoms with Gasteiger partial charge < -0.3 is 58.8 Å². The highest BCUT2D eigenvalue weighted by Gasteiger charge is 2.44. The van der Waals surface area contributed by atoms with Gasteiger partial charge in [-0.25, -0.2) is 9.59 Å². The molecule has 5 rings (SSSR count). The van der Waals surface area contributed by atoms with Gasteiger partial charge in [-0.1, -0.05) is 97.4 Å². The quantitative estimate of drug-likeness (QED) is 0.0383. The smallest absolute Gasteiger partial charge is 0.412 e. The van der Waals surface area contributed by atoms with Gasteiger partial charge in [-0.05, 0) is 73.9 Å². The number of benzene rings is 2. The molecule has 3 aliphatic rings. The Kier molecular flexibility index (Phi) is 27.2. The van der Waals surface area contributed by atoms with Crippen LogP contribution in [0.15, 0.2) is 60.7 Å². The summed E-state index contributed by atoms with van der Waals surface area (Å²) in [5.41, 5.74) is 1.77. The minimum atomic E-state index is -0.930. The number of hydrogen-bond donors (Lipinski definition) is 4. The van der Waals surface area contributed by atoms with Crippen LogP contribution in [0, 0.1) is 29.6 Å². The summed E-state index contributed by atoms with van der Waals surface area (Å²) >= 11 is 0. The summed E-state index contributed by atoms with van der Waals surface area (Å²) in [6, 6.07) is 11.8. The molecule has 2 aromatic carbocycles. The zero-order valence-corrected chi connectivity index (χ0v) is 51.0. The molecule has 6 amide bonds. The van der Waals surface area contributed by atoms with E-state index >= 15 is 0 Å². The Bertz CT molecular complexity index is 2530. The third kappa shape index (κ3) is 19.1. The molecule has 0 radical (unpaired) electrons. The Hall–Kier alpha value is -6.34. The minimum absolute atomic E-state index is 0.00293. The van der Waals surface area contributed by atoms with Crippen LogP contribution in [-0.4, -0.2) is 183 Å². The lowest BCUT2D eigenvalue weighted by molar-refractivity contribution is -0.196. The summed E-state index contributed by atoms with van der Waals surface area (Å²) in [5.74, 6) is -5.00. The van der Waals surface area contributed by atoms with Gasteiger partial charge in [-0.2, -0.15) is 0 Å². The Balaban J connectivity index is 1.23. The standard InChI is InChI=1S/C61H91N7O16/c1-13-39(6)56(50(78-11)31-53(72)67-27-17-22-48(67)58(79-12)40(7)59(75)63-41(8)57(74)43-19-15-14-16-20-43)66(10)60(76)45(37(2)3)30-49(69)55(38(4)5)65(9)35-81-33-42-23-24-46(64-61(77)83-44-21-18-28-80-36-82-34-44)47(29-42)62-32-54(73)84-68-51(70)25-26-52(68)71/h14-16,18-21,23-24,29,37-41,44-45,48,50,55-58,62,74H,13,17,22,25-28,30-36H2,1-12H3,(H,63,75)(H,64,77)/b21-18+/t39-,40+,41+,44?,45-,48-,50+,55-,56-,57+,58+/m0/s1. The molecule has 2 fully saturated rings. The molecule has 0 spiro atoms. The number of likely N-dealkylation sites (N-methyl/N-ethyl adjacent to an activating group) is 2. The van der Waals surface area contributed by atoms with E-state index in [1.165, 1.54) is 14.2 Å². The molecule has 2 aromatic rings. The fourth-order valence-corrected chi connectivity index (χ4v) is 11.2. The van der Waals surface area contributed by atoms with Crippen LogP contribution in [0.4, 0.5) is 16.2 Å². The maximum absolute atomic E-state index is 14.9. The summed E-state index contributed by atoms with van der Waals surface area (Å²) < 4.78 is 34.4. The molecule has 3 heterocycles. The van der Waals surface area contributed by atoms with Crippen molar-refractivity contribution < 1.29 is 76.7 Å². The molecule has 0 saturated carbocycles. The van der Waals surface area contributed by atoms with E-state index in [0.29, 0.717) is 42.0 Å². The molecule has 0 aromatic heterocycles. The lowest BCUT2D eigenvalue weighted by Gasteiger charge is -2.41. The average molecular weight is 1180 g/mol. The number of amides is 6. The SMILES string of the molecule is CC[C@H](C)[C@@H]([C@@H](CC(=O)N1CCC[C@H]1[C@H](OC)[C@@H](C)C(=O)N[C@H](C)[C@@H](O)c1ccccc1)OC)N(C)C(=O)[C@@H](CC(=O)[C@H](C(C)C)N(C)COCc1ccc(NC(=O)OC2/C=C/COCOC2)c(NCC(=O)ON2C(=O)CCC2=O)c1)C(C)C. The van der Waals surface area contributed by atoms with Gasteiger partial charge in [0.15, 0.2) is 5.78 Å². The molecular formula is C61H91N7O16. The van der Waals surface area contributed by atoms with Crippen LogP contribution in [0.25, 0.3) is 0 Å². The van der Waals surface area contributed by atoms with Crippen molar-refractivity contribution in [3.8, 4) is 0 Å². The topological polar surface area (TPSA) is 270 Å². The van der Waals surface area contributed by atoms with E-state index in [1.54, 1.807) is 85.1 Å². The number of rotatable bonds is 31. The van der Waals surface area contributed by atoms with E-state index in [-0.39, 0.29) is 112 Å². The normalized spacial score (nSPS) is 20.2. The first-order valence-electron chi connectivity index (χ1n) is 29.2. The largest absolute Gasteiger partial charge is 0.439 e. The lowest BCUT2D eigenvalue weighted by Crippen LogP contribution is -2.54. The zero-order chi connectivity index (χ0) is 61.8. The van der Waals surface area contributed by atoms with Gasteiger partial charge >= 0.3 is 12.1 Å². The number of Topliss-reactive ketones (excluding diaryl/α,β-unsaturated/α-hetero) is 1. The van der Waals surface area contributed by atoms with Crippen LogP contribution < -0.4 is 16.0 Å². The summed E-state index contributed by atoms with van der Waals surface area (Å²) in [5, 5.41) is 19.9. The van der Waals surface area contributed by atoms with Crippen molar-refractivity contribution in [1.82, 2.24) is 25.1 Å². The molecule has 23 heteroatoms. The number of anilines is 2. The highest BCUT2D eigenvalue weighted by Crippen LogP contribution is 2.32. The predicted molar refractivity (Wildman–Crippen MR) is 311 cm³/mol. The van der Waals surface area contributed by atoms with E-state index in [1.807, 2.05) is 59.7 Å². The number of nitrogens with zero attached hydrogens (tertiary/aromatic N) is 4. The number of nitrogens with one attached hydrogen (secondary N) is 3. The summed E-state index contributed by atoms with van der Waals surface area (Å²) in [4.78, 5) is 118. The van der Waals surface area contributed by atoms with Gasteiger partial charge in [0.25, 0.3) is 11.8 Å². The van der Waals surface area contributed by atoms with E-state index in [9.17, 15) is 43.5 Å². The second-order valence-corrected chi connectivity index (χ2v) is 22.8. The fourth-order valence-electron chi connectivity index (χ4n) is 11.2. The first kappa shape index (κ1) is 68.4. The number of likely N-dealkylation sites (tertiary alicyclic amines) is 1. The molecule has 1 unspecified atom stereocenters. The van der Waals surface area contributed by atoms with Crippen LogP contribution >= 0.6 is 0 Å². The first-order valence-corrected chi connectivity index (χ1v) is 29.2. The number of hydroxylamine groups is 2. The van der Waals surface area contributed by atoms with Crippen LogP contribution in [-0.2, 0) is 73.4 Å². The molecule has 0 bridgehead atoms. The van der Waals surface area contributed by atoms with Crippen LogP contribution in [0.1, 0.15) is 118 Å². The molecule has 4 N–H and O–H groups in total. The van der Waals surface area contributed by atoms with Gasteiger partial charge in [0, 0.05) is 53.0 Å². The summed E-state index contributed by atoms with van der Waals surface area (Å²) in [6.07, 6.45) is 1.30. The highest BCUT2D eigenvalue weighted by molar-refractivity contribution is 6.02. The third-order valence-corrected chi connectivity index (χ3v) is 16.0. The van der Waals surface area contributed by atoms with Crippen molar-refractivity contribution in [2.75, 3.05) is 78.8 Å².